The molecule has 0 amide bonds. The number of aliphatic hydroxyl groups excluding tert-OH is 8. The number of rotatable bonds is 7. The molecule has 0 bridgehead atoms. The van der Waals surface area contributed by atoms with Crippen molar-refractivity contribution in [1.29, 1.82) is 0 Å². The van der Waals surface area contributed by atoms with Crippen molar-refractivity contribution in [1.82, 2.24) is 0 Å². The van der Waals surface area contributed by atoms with Gasteiger partial charge in [0.15, 0.2) is 12.6 Å². The van der Waals surface area contributed by atoms with E-state index in [-0.39, 0.29) is 45.5 Å². The number of fused-ring (bicyclic) bond motifs is 2. The second-order valence-electron chi connectivity index (χ2n) is 21.5. The third kappa shape index (κ3) is 5.71. The van der Waals surface area contributed by atoms with Gasteiger partial charge in [0.05, 0.1) is 48.3 Å². The van der Waals surface area contributed by atoms with Crippen LogP contribution in [0, 0.1) is 44.8 Å². The maximum Gasteiger partial charge on any atom is 0.187 e. The van der Waals surface area contributed by atoms with Crippen LogP contribution in [-0.4, -0.2) is 150 Å². The number of ether oxygens (including phenoxy) is 5. The van der Waals surface area contributed by atoms with Gasteiger partial charge in [-0.3, -0.25) is 0 Å². The molecule has 14 nitrogen and oxygen atoms in total. The first kappa shape index (κ1) is 42.1. The molecule has 3 saturated heterocycles. The van der Waals surface area contributed by atoms with Crippen LogP contribution in [0.15, 0.2) is 0 Å². The van der Waals surface area contributed by atoms with Gasteiger partial charge in [0.2, 0.25) is 0 Å². The molecule has 0 aromatic rings. The fourth-order valence-corrected chi connectivity index (χ4v) is 15.1. The predicted octanol–water partition coefficient (Wildman–Crippen LogP) is 1.11. The molecule has 8 fully saturated rings. The Kier molecular flexibility index (Phi) is 10.1. The third-order valence-corrected chi connectivity index (χ3v) is 18.0. The van der Waals surface area contributed by atoms with Gasteiger partial charge in [-0.05, 0) is 124 Å². The molecule has 9 N–H and O–H groups in total. The third-order valence-electron chi connectivity index (χ3n) is 18.0. The molecular weight excluding hydrogens is 728 g/mol. The van der Waals surface area contributed by atoms with Gasteiger partial charge in [-0.25, -0.2) is 0 Å². The van der Waals surface area contributed by atoms with Crippen molar-refractivity contribution in [2.45, 2.75) is 210 Å². The highest BCUT2D eigenvalue weighted by molar-refractivity contribution is 5.33. The van der Waals surface area contributed by atoms with Crippen LogP contribution in [0.4, 0.5) is 0 Å². The molecule has 3 heterocycles. The number of hydrogen-bond acceptors (Lipinski definition) is 14. The van der Waals surface area contributed by atoms with E-state index in [1.54, 1.807) is 13.8 Å². The van der Waals surface area contributed by atoms with Gasteiger partial charge < -0.3 is 69.6 Å². The molecule has 8 rings (SSSR count). The van der Waals surface area contributed by atoms with Crippen molar-refractivity contribution >= 4 is 0 Å². The van der Waals surface area contributed by atoms with Crippen molar-refractivity contribution < 1.29 is 69.6 Å². The van der Waals surface area contributed by atoms with E-state index in [2.05, 4.69) is 34.6 Å². The van der Waals surface area contributed by atoms with Crippen molar-refractivity contribution in [3.63, 3.8) is 0 Å². The van der Waals surface area contributed by atoms with Crippen LogP contribution in [0.25, 0.3) is 0 Å². The Labute approximate surface area is 330 Å². The monoisotopic (exact) mass is 798 g/mol. The quantitative estimate of drug-likeness (QED) is 0.165. The molecule has 3 aliphatic heterocycles. The topological polar surface area (TPSA) is 228 Å². The molecule has 22 atom stereocenters. The molecule has 5 aliphatic carbocycles. The maximum absolute atomic E-state index is 12.4. The lowest BCUT2D eigenvalue weighted by Gasteiger charge is -2.65. The summed E-state index contributed by atoms with van der Waals surface area (Å²) in [7, 11) is 0. The highest BCUT2D eigenvalue weighted by Gasteiger charge is 2.85. The average molecular weight is 799 g/mol. The maximum atomic E-state index is 12.4. The normalized spacial score (nSPS) is 59.2. The van der Waals surface area contributed by atoms with E-state index in [0.717, 1.165) is 38.5 Å². The van der Waals surface area contributed by atoms with Crippen molar-refractivity contribution in [2.75, 3.05) is 6.61 Å². The van der Waals surface area contributed by atoms with Gasteiger partial charge in [0.1, 0.15) is 42.7 Å². The Balaban J connectivity index is 1.04. The first-order valence-corrected chi connectivity index (χ1v) is 21.3. The van der Waals surface area contributed by atoms with Gasteiger partial charge in [-0.1, -0.05) is 27.7 Å². The summed E-state index contributed by atoms with van der Waals surface area (Å²) >= 11 is 0. The highest BCUT2D eigenvalue weighted by Crippen LogP contribution is 2.89. The molecule has 5 saturated carbocycles. The fraction of sp³-hybridized carbons (Fsp3) is 1.00. The van der Waals surface area contributed by atoms with Crippen molar-refractivity contribution in [2.24, 2.45) is 44.8 Å². The van der Waals surface area contributed by atoms with E-state index in [1.165, 1.54) is 6.92 Å². The summed E-state index contributed by atoms with van der Waals surface area (Å²) in [6.07, 6.45) is -8.98. The predicted molar refractivity (Wildman–Crippen MR) is 198 cm³/mol. The first-order chi connectivity index (χ1) is 25.9. The fourth-order valence-electron chi connectivity index (χ4n) is 15.1. The SMILES string of the molecule is C[C@@H]1O[C@@H](O[C@H]2[C@H](O[C@H]3CC[C@]45C[C@]46CC[C@]4(C)[C@@H]([C@@]7(C)CC[C@@H](C(C)(C)O)O7)[C@@H](O)C[C@@]4(C)[C@@H]6C[C@H](O)[C@H]5C3(C)C)O[C@H](CO)[C@@H](O)[C@@H]2O)[C@H](O)[C@H](O)[C@H]1O. The largest absolute Gasteiger partial charge is 0.394 e. The van der Waals surface area contributed by atoms with E-state index < -0.39 is 103 Å². The molecule has 0 aromatic carbocycles. The van der Waals surface area contributed by atoms with Crippen LogP contribution < -0.4 is 0 Å². The van der Waals surface area contributed by atoms with Crippen LogP contribution in [-0.2, 0) is 23.7 Å². The summed E-state index contributed by atoms with van der Waals surface area (Å²) in [5.41, 5.74) is -2.75. The Morgan fingerprint density at radius 2 is 1.39 bits per heavy atom. The molecule has 2 spiro atoms. The van der Waals surface area contributed by atoms with Gasteiger partial charge in [-0.15, -0.1) is 0 Å². The van der Waals surface area contributed by atoms with Gasteiger partial charge in [0.25, 0.3) is 0 Å². The summed E-state index contributed by atoms with van der Waals surface area (Å²) in [6.45, 7) is 15.6. The lowest BCUT2D eigenvalue weighted by atomic mass is 9.41. The first-order valence-electron chi connectivity index (χ1n) is 21.3. The van der Waals surface area contributed by atoms with Crippen LogP contribution in [0.3, 0.4) is 0 Å². The molecular formula is C42H70O14. The zero-order chi connectivity index (χ0) is 40.9. The molecule has 0 unspecified atom stereocenters. The standard InChI is InChI=1S/C42H70O14/c1-19-26(46)28(48)30(50)34(52-19)55-31-29(49)27(47)22(17-43)53-35(31)54-24-10-12-42-18-41(42)14-13-38(6)33(40(8)11-9-25(56-40)37(4,5)51)21(45)16-39(38,7)23(41)15-20(44)32(42)36(24,2)3/h19-35,43-51H,9-18H2,1-8H3/t19-,20-,21-,22+,23-,24-,25-,26-,27+,28+,29-,30+,31+,32-,33-,34-,35-,38+,39-,40+,41-,42+/m0/s1. The molecule has 0 radical (unpaired) electrons. The van der Waals surface area contributed by atoms with E-state index >= 15 is 0 Å². The molecule has 8 aliphatic rings. The minimum atomic E-state index is -1.67. The van der Waals surface area contributed by atoms with Crippen LogP contribution >= 0.6 is 0 Å². The molecule has 56 heavy (non-hydrogen) atoms. The summed E-state index contributed by atoms with van der Waals surface area (Å²) in [4.78, 5) is 0. The zero-order valence-electron chi connectivity index (χ0n) is 34.5. The van der Waals surface area contributed by atoms with E-state index in [1.807, 2.05) is 0 Å². The summed E-state index contributed by atoms with van der Waals surface area (Å²) in [5, 5.41) is 98.9. The minimum Gasteiger partial charge on any atom is -0.394 e. The number of aliphatic hydroxyl groups is 9. The molecule has 14 heteroatoms. The van der Waals surface area contributed by atoms with Gasteiger partial charge in [-0.2, -0.15) is 0 Å². The summed E-state index contributed by atoms with van der Waals surface area (Å²) in [6, 6.07) is 0. The lowest BCUT2D eigenvalue weighted by molar-refractivity contribution is -0.376. The van der Waals surface area contributed by atoms with E-state index in [0.29, 0.717) is 19.3 Å². The smallest absolute Gasteiger partial charge is 0.187 e. The molecule has 0 aromatic heterocycles. The van der Waals surface area contributed by atoms with E-state index in [4.69, 9.17) is 23.7 Å². The zero-order valence-corrected chi connectivity index (χ0v) is 34.5. The Morgan fingerprint density at radius 3 is 2.04 bits per heavy atom. The van der Waals surface area contributed by atoms with Crippen LogP contribution in [0.5, 0.6) is 0 Å². The second-order valence-corrected chi connectivity index (χ2v) is 21.5. The Bertz CT molecular complexity index is 1490. The lowest BCUT2D eigenvalue weighted by Crippen LogP contribution is -2.66. The summed E-state index contributed by atoms with van der Waals surface area (Å²) < 4.78 is 31.2. The van der Waals surface area contributed by atoms with Gasteiger partial charge in [0, 0.05) is 5.92 Å². The Morgan fingerprint density at radius 1 is 0.696 bits per heavy atom. The average Bonchev–Trinajstić information content (AvgIpc) is 3.47. The molecule has 322 valence electrons. The van der Waals surface area contributed by atoms with Crippen LogP contribution in [0.1, 0.15) is 113 Å². The minimum absolute atomic E-state index is 0.000889. The Hall–Kier alpha value is -0.560. The van der Waals surface area contributed by atoms with Crippen LogP contribution in [0.2, 0.25) is 0 Å². The summed E-state index contributed by atoms with van der Waals surface area (Å²) in [5.74, 6) is -0.0345. The van der Waals surface area contributed by atoms with E-state index in [9.17, 15) is 46.0 Å². The van der Waals surface area contributed by atoms with Crippen molar-refractivity contribution in [3.05, 3.63) is 0 Å². The second kappa shape index (κ2) is 13.5. The van der Waals surface area contributed by atoms with Crippen molar-refractivity contribution in [3.8, 4) is 0 Å². The highest BCUT2D eigenvalue weighted by atomic mass is 16.8. The number of hydrogen-bond donors (Lipinski definition) is 9. The van der Waals surface area contributed by atoms with Gasteiger partial charge >= 0.3 is 0 Å².